The molecule has 4 nitrogen and oxygen atoms in total. The van der Waals surface area contributed by atoms with Crippen molar-refractivity contribution >= 4 is 17.5 Å². The molecule has 0 saturated heterocycles. The summed E-state index contributed by atoms with van der Waals surface area (Å²) < 4.78 is 15.6. The van der Waals surface area contributed by atoms with E-state index in [0.29, 0.717) is 16.3 Å². The second-order valence-corrected chi connectivity index (χ2v) is 6.19. The van der Waals surface area contributed by atoms with Gasteiger partial charge in [-0.05, 0) is 37.3 Å². The van der Waals surface area contributed by atoms with E-state index in [-0.39, 0.29) is 12.5 Å². The van der Waals surface area contributed by atoms with Crippen molar-refractivity contribution in [2.75, 3.05) is 7.05 Å². The first-order chi connectivity index (χ1) is 12.0. The van der Waals surface area contributed by atoms with Crippen LogP contribution in [0.25, 0.3) is 5.69 Å². The van der Waals surface area contributed by atoms with Gasteiger partial charge >= 0.3 is 0 Å². The Bertz CT molecular complexity index is 888. The van der Waals surface area contributed by atoms with Gasteiger partial charge in [0, 0.05) is 23.3 Å². The highest BCUT2D eigenvalue weighted by Crippen LogP contribution is 2.21. The van der Waals surface area contributed by atoms with Crippen molar-refractivity contribution in [3.63, 3.8) is 0 Å². The SMILES string of the molecule is Cc1cc(C(=O)N(C)Cc2c(F)cccc2Cl)nn1-c1ccccc1. The van der Waals surface area contributed by atoms with Crippen LogP contribution in [0, 0.1) is 12.7 Å². The first kappa shape index (κ1) is 17.2. The molecule has 0 saturated carbocycles. The van der Waals surface area contributed by atoms with Crippen molar-refractivity contribution in [3.05, 3.63) is 82.4 Å². The van der Waals surface area contributed by atoms with Gasteiger partial charge in [0.25, 0.3) is 5.91 Å². The predicted molar refractivity (Wildman–Crippen MR) is 95.5 cm³/mol. The molecule has 0 spiro atoms. The minimum atomic E-state index is -0.432. The molecular weight excluding hydrogens is 341 g/mol. The third-order valence-corrected chi connectivity index (χ3v) is 4.27. The Morgan fingerprint density at radius 2 is 1.92 bits per heavy atom. The van der Waals surface area contributed by atoms with Crippen LogP contribution in [0.2, 0.25) is 5.02 Å². The summed E-state index contributed by atoms with van der Waals surface area (Å²) in [6.45, 7) is 1.95. The molecule has 3 aromatic rings. The predicted octanol–water partition coefficient (Wildman–Crippen LogP) is 4.25. The van der Waals surface area contributed by atoms with Crippen LogP contribution in [0.1, 0.15) is 21.7 Å². The van der Waals surface area contributed by atoms with E-state index in [0.717, 1.165) is 11.4 Å². The van der Waals surface area contributed by atoms with Crippen LogP contribution in [0.4, 0.5) is 4.39 Å². The number of rotatable bonds is 4. The van der Waals surface area contributed by atoms with Crippen molar-refractivity contribution in [1.29, 1.82) is 0 Å². The quantitative estimate of drug-likeness (QED) is 0.700. The molecule has 128 valence electrons. The summed E-state index contributed by atoms with van der Waals surface area (Å²) in [5, 5.41) is 4.68. The number of halogens is 2. The number of hydrogen-bond donors (Lipinski definition) is 0. The van der Waals surface area contributed by atoms with Gasteiger partial charge in [0.05, 0.1) is 12.2 Å². The van der Waals surface area contributed by atoms with Crippen LogP contribution < -0.4 is 0 Å². The second kappa shape index (κ2) is 7.07. The van der Waals surface area contributed by atoms with Crippen molar-refractivity contribution in [2.24, 2.45) is 0 Å². The fourth-order valence-electron chi connectivity index (χ4n) is 2.60. The second-order valence-electron chi connectivity index (χ2n) is 5.78. The summed E-state index contributed by atoms with van der Waals surface area (Å²) in [5.74, 6) is -0.727. The summed E-state index contributed by atoms with van der Waals surface area (Å²) in [6, 6.07) is 15.7. The Balaban J connectivity index is 1.84. The Hall–Kier alpha value is -2.66. The molecule has 0 aliphatic carbocycles. The van der Waals surface area contributed by atoms with E-state index in [1.54, 1.807) is 23.9 Å². The van der Waals surface area contributed by atoms with E-state index >= 15 is 0 Å². The highest BCUT2D eigenvalue weighted by Gasteiger charge is 2.19. The van der Waals surface area contributed by atoms with E-state index in [2.05, 4.69) is 5.10 Å². The van der Waals surface area contributed by atoms with Crippen molar-refractivity contribution in [2.45, 2.75) is 13.5 Å². The molecule has 0 radical (unpaired) electrons. The highest BCUT2D eigenvalue weighted by molar-refractivity contribution is 6.31. The molecular formula is C19H17ClFN3O. The van der Waals surface area contributed by atoms with Crippen LogP contribution >= 0.6 is 11.6 Å². The number of amides is 1. The van der Waals surface area contributed by atoms with Gasteiger partial charge in [0.15, 0.2) is 5.69 Å². The zero-order chi connectivity index (χ0) is 18.0. The molecule has 0 aliphatic rings. The zero-order valence-electron chi connectivity index (χ0n) is 13.9. The standard InChI is InChI=1S/C19H17ClFN3O/c1-13-11-18(22-24(13)14-7-4-3-5-8-14)19(25)23(2)12-15-16(20)9-6-10-17(15)21/h3-11H,12H2,1-2H3. The lowest BCUT2D eigenvalue weighted by Gasteiger charge is -2.17. The van der Waals surface area contributed by atoms with E-state index in [1.165, 1.54) is 17.0 Å². The average Bonchev–Trinajstić information content (AvgIpc) is 3.00. The molecule has 0 aliphatic heterocycles. The number of para-hydroxylation sites is 1. The van der Waals surface area contributed by atoms with Gasteiger partial charge in [-0.15, -0.1) is 0 Å². The van der Waals surface area contributed by atoms with Crippen LogP contribution in [0.15, 0.2) is 54.6 Å². The minimum Gasteiger partial charge on any atom is -0.336 e. The van der Waals surface area contributed by atoms with Crippen molar-refractivity contribution in [1.82, 2.24) is 14.7 Å². The molecule has 3 rings (SSSR count). The number of hydrogen-bond acceptors (Lipinski definition) is 2. The van der Waals surface area contributed by atoms with E-state index < -0.39 is 5.82 Å². The maximum Gasteiger partial charge on any atom is 0.274 e. The molecule has 2 aromatic carbocycles. The Kier molecular flexibility index (Phi) is 4.86. The number of benzene rings is 2. The monoisotopic (exact) mass is 357 g/mol. The van der Waals surface area contributed by atoms with Gasteiger partial charge in [-0.25, -0.2) is 9.07 Å². The normalized spacial score (nSPS) is 10.7. The molecule has 1 aromatic heterocycles. The van der Waals surface area contributed by atoms with Crippen LogP contribution in [-0.2, 0) is 6.54 Å². The lowest BCUT2D eigenvalue weighted by atomic mass is 10.2. The summed E-state index contributed by atoms with van der Waals surface area (Å²) in [7, 11) is 1.60. The topological polar surface area (TPSA) is 38.1 Å². The molecule has 1 heterocycles. The number of aromatic nitrogens is 2. The van der Waals surface area contributed by atoms with Crippen LogP contribution in [-0.4, -0.2) is 27.6 Å². The summed E-state index contributed by atoms with van der Waals surface area (Å²) >= 11 is 6.04. The number of carbonyl (C=O) groups excluding carboxylic acids is 1. The first-order valence-corrected chi connectivity index (χ1v) is 8.15. The fraction of sp³-hybridized carbons (Fsp3) is 0.158. The van der Waals surface area contributed by atoms with E-state index in [1.807, 2.05) is 37.3 Å². The highest BCUT2D eigenvalue weighted by atomic mass is 35.5. The van der Waals surface area contributed by atoms with Gasteiger partial charge < -0.3 is 4.90 Å². The average molecular weight is 358 g/mol. The minimum absolute atomic E-state index is 0.0710. The molecule has 25 heavy (non-hydrogen) atoms. The summed E-state index contributed by atoms with van der Waals surface area (Å²) in [4.78, 5) is 14.1. The molecule has 0 fully saturated rings. The molecule has 0 unspecified atom stereocenters. The van der Waals surface area contributed by atoms with Gasteiger partial charge in [0.2, 0.25) is 0 Å². The van der Waals surface area contributed by atoms with E-state index in [9.17, 15) is 9.18 Å². The molecule has 1 amide bonds. The fourth-order valence-corrected chi connectivity index (χ4v) is 2.82. The largest absolute Gasteiger partial charge is 0.336 e. The van der Waals surface area contributed by atoms with Gasteiger partial charge in [0.1, 0.15) is 5.82 Å². The number of aryl methyl sites for hydroxylation is 1. The smallest absolute Gasteiger partial charge is 0.274 e. The lowest BCUT2D eigenvalue weighted by Crippen LogP contribution is -2.27. The van der Waals surface area contributed by atoms with Crippen LogP contribution in [0.3, 0.4) is 0 Å². The Labute approximate surface area is 150 Å². The lowest BCUT2D eigenvalue weighted by molar-refractivity contribution is 0.0777. The Morgan fingerprint density at radius 1 is 1.20 bits per heavy atom. The van der Waals surface area contributed by atoms with Crippen LogP contribution in [0.5, 0.6) is 0 Å². The van der Waals surface area contributed by atoms with Crippen molar-refractivity contribution < 1.29 is 9.18 Å². The number of carbonyl (C=O) groups is 1. The van der Waals surface area contributed by atoms with Gasteiger partial charge in [-0.3, -0.25) is 4.79 Å². The molecule has 0 bridgehead atoms. The molecule has 0 atom stereocenters. The first-order valence-electron chi connectivity index (χ1n) is 7.78. The maximum absolute atomic E-state index is 13.9. The molecule has 0 N–H and O–H groups in total. The summed E-state index contributed by atoms with van der Waals surface area (Å²) in [5.41, 5.74) is 2.31. The van der Waals surface area contributed by atoms with E-state index in [4.69, 9.17) is 11.6 Å². The Morgan fingerprint density at radius 3 is 2.60 bits per heavy atom. The molecule has 6 heteroatoms. The number of nitrogens with zero attached hydrogens (tertiary/aromatic N) is 3. The van der Waals surface area contributed by atoms with Gasteiger partial charge in [-0.1, -0.05) is 35.9 Å². The van der Waals surface area contributed by atoms with Gasteiger partial charge in [-0.2, -0.15) is 5.10 Å². The third kappa shape index (κ3) is 3.56. The third-order valence-electron chi connectivity index (χ3n) is 3.91. The van der Waals surface area contributed by atoms with Crippen molar-refractivity contribution in [3.8, 4) is 5.69 Å². The maximum atomic E-state index is 13.9. The zero-order valence-corrected chi connectivity index (χ0v) is 14.7. The summed E-state index contributed by atoms with van der Waals surface area (Å²) in [6.07, 6.45) is 0.